The van der Waals surface area contributed by atoms with Crippen molar-refractivity contribution >= 4 is 0 Å². The van der Waals surface area contributed by atoms with Gasteiger partial charge in [0.1, 0.15) is 0 Å². The average molecular weight is 241 g/mol. The summed E-state index contributed by atoms with van der Waals surface area (Å²) in [6, 6.07) is 1.53. The fourth-order valence-electron chi connectivity index (χ4n) is 2.88. The van der Waals surface area contributed by atoms with E-state index in [0.717, 1.165) is 25.2 Å². The summed E-state index contributed by atoms with van der Waals surface area (Å²) in [5, 5.41) is 3.42. The van der Waals surface area contributed by atoms with Crippen LogP contribution >= 0.6 is 0 Å². The molecule has 1 heterocycles. The van der Waals surface area contributed by atoms with E-state index < -0.39 is 0 Å². The van der Waals surface area contributed by atoms with Crippen LogP contribution in [0.5, 0.6) is 0 Å². The van der Waals surface area contributed by atoms with Crippen LogP contribution in [0.1, 0.15) is 40.5 Å². The zero-order valence-corrected chi connectivity index (χ0v) is 12.2. The maximum atomic E-state index is 3.42. The fraction of sp³-hybridized carbons (Fsp3) is 1.00. The van der Waals surface area contributed by atoms with Crippen molar-refractivity contribution in [2.75, 3.05) is 39.3 Å². The van der Waals surface area contributed by atoms with Gasteiger partial charge in [0.15, 0.2) is 0 Å². The van der Waals surface area contributed by atoms with E-state index in [1.54, 1.807) is 0 Å². The van der Waals surface area contributed by atoms with Crippen molar-refractivity contribution in [1.29, 1.82) is 0 Å². The molecule has 3 nitrogen and oxygen atoms in total. The first-order chi connectivity index (χ1) is 8.22. The molecule has 1 fully saturated rings. The lowest BCUT2D eigenvalue weighted by molar-refractivity contribution is 0.188. The Morgan fingerprint density at radius 1 is 1.29 bits per heavy atom. The Hall–Kier alpha value is -0.120. The molecule has 1 rings (SSSR count). The predicted octanol–water partition coefficient (Wildman–Crippen LogP) is 1.79. The van der Waals surface area contributed by atoms with Gasteiger partial charge < -0.3 is 5.32 Å². The summed E-state index contributed by atoms with van der Waals surface area (Å²) in [5.74, 6) is 0. The smallest absolute Gasteiger partial charge is 0.0235 e. The van der Waals surface area contributed by atoms with E-state index in [-0.39, 0.29) is 0 Å². The Morgan fingerprint density at radius 2 is 2.00 bits per heavy atom. The lowest BCUT2D eigenvalue weighted by atomic mass is 10.2. The molecular weight excluding hydrogens is 210 g/mol. The number of nitrogens with one attached hydrogen (secondary N) is 1. The summed E-state index contributed by atoms with van der Waals surface area (Å²) in [5.41, 5.74) is 0. The maximum Gasteiger partial charge on any atom is 0.0235 e. The van der Waals surface area contributed by atoms with Crippen molar-refractivity contribution in [3.8, 4) is 0 Å². The van der Waals surface area contributed by atoms with E-state index in [1.165, 1.54) is 39.0 Å². The van der Waals surface area contributed by atoms with Crippen LogP contribution in [-0.2, 0) is 0 Å². The van der Waals surface area contributed by atoms with Gasteiger partial charge in [0.25, 0.3) is 0 Å². The molecule has 0 amide bonds. The first-order valence-electron chi connectivity index (χ1n) is 7.41. The van der Waals surface area contributed by atoms with Gasteiger partial charge in [-0.3, -0.25) is 9.80 Å². The zero-order chi connectivity index (χ0) is 12.7. The van der Waals surface area contributed by atoms with Crippen LogP contribution in [0.3, 0.4) is 0 Å². The third kappa shape index (κ3) is 4.57. The van der Waals surface area contributed by atoms with Crippen molar-refractivity contribution < 1.29 is 0 Å². The molecule has 2 atom stereocenters. The highest BCUT2D eigenvalue weighted by molar-refractivity contribution is 4.85. The summed E-state index contributed by atoms with van der Waals surface area (Å²) in [4.78, 5) is 5.28. The molecule has 0 aromatic rings. The molecule has 0 spiro atoms. The second kappa shape index (κ2) is 8.06. The first-order valence-corrected chi connectivity index (χ1v) is 7.41. The molecule has 0 bridgehead atoms. The fourth-order valence-corrected chi connectivity index (χ4v) is 2.88. The van der Waals surface area contributed by atoms with Crippen molar-refractivity contribution in [3.63, 3.8) is 0 Å². The molecule has 1 aliphatic rings. The normalized spacial score (nSPS) is 23.5. The number of likely N-dealkylation sites (N-methyl/N-ethyl adjacent to an activating group) is 1. The Balaban J connectivity index is 2.28. The van der Waals surface area contributed by atoms with Crippen molar-refractivity contribution in [2.45, 2.75) is 52.6 Å². The van der Waals surface area contributed by atoms with Gasteiger partial charge in [-0.1, -0.05) is 20.8 Å². The highest BCUT2D eigenvalue weighted by Gasteiger charge is 2.28. The van der Waals surface area contributed by atoms with Gasteiger partial charge in [-0.25, -0.2) is 0 Å². The third-order valence-corrected chi connectivity index (χ3v) is 4.14. The summed E-state index contributed by atoms with van der Waals surface area (Å²) in [7, 11) is 0. The van der Waals surface area contributed by atoms with Gasteiger partial charge >= 0.3 is 0 Å². The van der Waals surface area contributed by atoms with Gasteiger partial charge in [0.2, 0.25) is 0 Å². The molecule has 1 saturated heterocycles. The van der Waals surface area contributed by atoms with E-state index in [1.807, 2.05) is 0 Å². The van der Waals surface area contributed by atoms with Crippen LogP contribution in [-0.4, -0.2) is 61.2 Å². The molecule has 1 N–H and O–H groups in total. The maximum absolute atomic E-state index is 3.42. The van der Waals surface area contributed by atoms with Crippen LogP contribution in [0.4, 0.5) is 0 Å². The molecule has 3 heteroatoms. The summed E-state index contributed by atoms with van der Waals surface area (Å²) < 4.78 is 0. The second-order valence-corrected chi connectivity index (χ2v) is 5.15. The molecule has 0 aromatic heterocycles. The van der Waals surface area contributed by atoms with Crippen LogP contribution in [0, 0.1) is 0 Å². The molecule has 0 saturated carbocycles. The standard InChI is InChI=1S/C14H31N3/c1-5-15-10-8-13(4)17-11-9-14(12-17)16(6-2)7-3/h13-15H,5-12H2,1-4H3. The van der Waals surface area contributed by atoms with Crippen molar-refractivity contribution in [2.24, 2.45) is 0 Å². The Bertz CT molecular complexity index is 192. The van der Waals surface area contributed by atoms with Crippen LogP contribution in [0.15, 0.2) is 0 Å². The molecule has 102 valence electrons. The highest BCUT2D eigenvalue weighted by Crippen LogP contribution is 2.18. The van der Waals surface area contributed by atoms with E-state index in [4.69, 9.17) is 0 Å². The van der Waals surface area contributed by atoms with Crippen LogP contribution in [0.2, 0.25) is 0 Å². The largest absolute Gasteiger partial charge is 0.317 e. The van der Waals surface area contributed by atoms with Gasteiger partial charge in [-0.15, -0.1) is 0 Å². The van der Waals surface area contributed by atoms with E-state index in [0.29, 0.717) is 0 Å². The third-order valence-electron chi connectivity index (χ3n) is 4.14. The molecule has 0 aromatic carbocycles. The topological polar surface area (TPSA) is 18.5 Å². The molecular formula is C14H31N3. The minimum Gasteiger partial charge on any atom is -0.317 e. The van der Waals surface area contributed by atoms with Crippen LogP contribution < -0.4 is 5.32 Å². The number of rotatable bonds is 8. The van der Waals surface area contributed by atoms with Crippen LogP contribution in [0.25, 0.3) is 0 Å². The van der Waals surface area contributed by atoms with E-state index in [2.05, 4.69) is 42.8 Å². The minimum absolute atomic E-state index is 0.731. The van der Waals surface area contributed by atoms with E-state index >= 15 is 0 Å². The number of hydrogen-bond acceptors (Lipinski definition) is 3. The Morgan fingerprint density at radius 3 is 2.59 bits per heavy atom. The molecule has 0 radical (unpaired) electrons. The number of likely N-dealkylation sites (tertiary alicyclic amines) is 1. The average Bonchev–Trinajstić information content (AvgIpc) is 2.80. The van der Waals surface area contributed by atoms with Gasteiger partial charge in [-0.05, 0) is 45.9 Å². The monoisotopic (exact) mass is 241 g/mol. The highest BCUT2D eigenvalue weighted by atomic mass is 15.3. The van der Waals surface area contributed by atoms with Crippen molar-refractivity contribution in [1.82, 2.24) is 15.1 Å². The quantitative estimate of drug-likeness (QED) is 0.654. The molecule has 1 aliphatic heterocycles. The van der Waals surface area contributed by atoms with Crippen molar-refractivity contribution in [3.05, 3.63) is 0 Å². The lowest BCUT2D eigenvalue weighted by Crippen LogP contribution is -2.40. The zero-order valence-electron chi connectivity index (χ0n) is 12.2. The number of hydrogen-bond donors (Lipinski definition) is 1. The van der Waals surface area contributed by atoms with E-state index in [9.17, 15) is 0 Å². The minimum atomic E-state index is 0.731. The second-order valence-electron chi connectivity index (χ2n) is 5.15. The van der Waals surface area contributed by atoms with Gasteiger partial charge in [-0.2, -0.15) is 0 Å². The molecule has 2 unspecified atom stereocenters. The number of nitrogens with zero attached hydrogens (tertiary/aromatic N) is 2. The van der Waals surface area contributed by atoms with Gasteiger partial charge in [0, 0.05) is 25.2 Å². The summed E-state index contributed by atoms with van der Waals surface area (Å²) in [6.45, 7) is 16.3. The van der Waals surface area contributed by atoms with Gasteiger partial charge in [0.05, 0.1) is 0 Å². The SMILES string of the molecule is CCNCCC(C)N1CCC(N(CC)CC)C1. The Labute approximate surface area is 108 Å². The lowest BCUT2D eigenvalue weighted by Gasteiger charge is -2.28. The summed E-state index contributed by atoms with van der Waals surface area (Å²) >= 11 is 0. The molecule has 0 aliphatic carbocycles. The summed E-state index contributed by atoms with van der Waals surface area (Å²) in [6.07, 6.45) is 2.63. The molecule has 17 heavy (non-hydrogen) atoms. The Kier molecular flexibility index (Phi) is 7.09. The predicted molar refractivity (Wildman–Crippen MR) is 75.5 cm³/mol. The first kappa shape index (κ1) is 14.9.